The molecule has 5 rings (SSSR count). The van der Waals surface area contributed by atoms with Gasteiger partial charge in [0.25, 0.3) is 0 Å². The number of aliphatic imine (C=N–C) groups is 1. The van der Waals surface area contributed by atoms with Gasteiger partial charge in [0, 0.05) is 29.2 Å². The average molecular weight is 480 g/mol. The van der Waals surface area contributed by atoms with Gasteiger partial charge >= 0.3 is 5.97 Å². The number of benzene rings is 1. The number of thioether (sulfide) groups is 1. The lowest BCUT2D eigenvalue weighted by atomic mass is 9.95. The highest BCUT2D eigenvalue weighted by atomic mass is 32.2. The molecule has 4 heterocycles. The maximum absolute atomic E-state index is 13.3. The zero-order valence-electron chi connectivity index (χ0n) is 18.4. The third-order valence-electron chi connectivity index (χ3n) is 5.96. The Bertz CT molecular complexity index is 1130. The number of rotatable bonds is 6. The summed E-state index contributed by atoms with van der Waals surface area (Å²) in [5.41, 5.74) is 2.89. The molecule has 33 heavy (non-hydrogen) atoms. The molecular formula is C25H25N3O3S2. The molecule has 0 aliphatic carbocycles. The summed E-state index contributed by atoms with van der Waals surface area (Å²) in [6, 6.07) is 13.4. The average Bonchev–Trinajstić information content (AvgIpc) is 3.61. The van der Waals surface area contributed by atoms with Crippen molar-refractivity contribution in [1.29, 1.82) is 0 Å². The van der Waals surface area contributed by atoms with Crippen molar-refractivity contribution in [2.75, 3.05) is 19.7 Å². The van der Waals surface area contributed by atoms with Gasteiger partial charge in [0.2, 0.25) is 5.91 Å². The molecule has 1 atom stereocenters. The van der Waals surface area contributed by atoms with E-state index in [1.54, 1.807) is 11.3 Å². The Morgan fingerprint density at radius 1 is 1.12 bits per heavy atom. The van der Waals surface area contributed by atoms with Crippen molar-refractivity contribution in [3.63, 3.8) is 0 Å². The minimum atomic E-state index is -0.389. The highest BCUT2D eigenvalue weighted by molar-refractivity contribution is 8.16. The molecule has 1 amide bonds. The third kappa shape index (κ3) is 4.25. The number of carbonyl (C=O) groups excluding carboxylic acids is 2. The zero-order chi connectivity index (χ0) is 22.8. The van der Waals surface area contributed by atoms with E-state index >= 15 is 0 Å². The van der Waals surface area contributed by atoms with E-state index in [0.717, 1.165) is 47.2 Å². The topological polar surface area (TPSA) is 62.2 Å². The van der Waals surface area contributed by atoms with E-state index in [1.165, 1.54) is 11.8 Å². The van der Waals surface area contributed by atoms with Gasteiger partial charge in [-0.3, -0.25) is 4.79 Å². The zero-order valence-corrected chi connectivity index (χ0v) is 20.0. The SMILES string of the molecule is CCOC(=O)C1=C(c2ccccc2)N=C2SC=C(CC(=O)N3CCCC3)N2[C@@H]1c1cccs1. The predicted molar refractivity (Wildman–Crippen MR) is 132 cm³/mol. The number of hydrogen-bond acceptors (Lipinski definition) is 7. The fourth-order valence-corrected chi connectivity index (χ4v) is 6.18. The van der Waals surface area contributed by atoms with Crippen LogP contribution in [-0.4, -0.2) is 46.5 Å². The van der Waals surface area contributed by atoms with E-state index in [4.69, 9.17) is 9.73 Å². The molecule has 0 N–H and O–H groups in total. The van der Waals surface area contributed by atoms with Crippen LogP contribution in [0.5, 0.6) is 0 Å². The first-order chi connectivity index (χ1) is 16.2. The molecular weight excluding hydrogens is 454 g/mol. The molecule has 0 saturated carbocycles. The molecule has 1 saturated heterocycles. The number of carbonyl (C=O) groups is 2. The fraction of sp³-hybridized carbons (Fsp3) is 0.320. The molecule has 1 aromatic carbocycles. The summed E-state index contributed by atoms with van der Waals surface area (Å²) in [7, 11) is 0. The van der Waals surface area contributed by atoms with E-state index in [0.29, 0.717) is 17.7 Å². The monoisotopic (exact) mass is 479 g/mol. The van der Waals surface area contributed by atoms with Gasteiger partial charge in [0.1, 0.15) is 6.04 Å². The number of thiophene rings is 1. The van der Waals surface area contributed by atoms with Gasteiger partial charge in [-0.2, -0.15) is 0 Å². The van der Waals surface area contributed by atoms with Crippen LogP contribution in [0.15, 0.2) is 69.5 Å². The number of likely N-dealkylation sites (tertiary alicyclic amines) is 1. The van der Waals surface area contributed by atoms with Crippen molar-refractivity contribution >= 4 is 45.8 Å². The largest absolute Gasteiger partial charge is 0.463 e. The first kappa shape index (κ1) is 22.0. The Hall–Kier alpha value is -2.84. The first-order valence-corrected chi connectivity index (χ1v) is 12.9. The van der Waals surface area contributed by atoms with Crippen molar-refractivity contribution in [2.24, 2.45) is 4.99 Å². The minimum absolute atomic E-state index is 0.126. The summed E-state index contributed by atoms with van der Waals surface area (Å²) < 4.78 is 5.52. The Morgan fingerprint density at radius 2 is 1.91 bits per heavy atom. The summed E-state index contributed by atoms with van der Waals surface area (Å²) in [5, 5.41) is 4.79. The second-order valence-electron chi connectivity index (χ2n) is 8.02. The number of amides is 1. The summed E-state index contributed by atoms with van der Waals surface area (Å²) in [6.45, 7) is 3.73. The summed E-state index contributed by atoms with van der Waals surface area (Å²) in [6.07, 6.45) is 2.42. The Balaban J connectivity index is 1.59. The minimum Gasteiger partial charge on any atom is -0.463 e. The van der Waals surface area contributed by atoms with Gasteiger partial charge in [-0.25, -0.2) is 9.79 Å². The summed E-state index contributed by atoms with van der Waals surface area (Å²) in [4.78, 5) is 36.3. The van der Waals surface area contributed by atoms with E-state index in [9.17, 15) is 9.59 Å². The van der Waals surface area contributed by atoms with Crippen LogP contribution >= 0.6 is 23.1 Å². The third-order valence-corrected chi connectivity index (χ3v) is 7.77. The van der Waals surface area contributed by atoms with Gasteiger partial charge in [-0.15, -0.1) is 11.3 Å². The molecule has 3 aliphatic heterocycles. The number of nitrogens with zero attached hydrogens (tertiary/aromatic N) is 3. The predicted octanol–water partition coefficient (Wildman–Crippen LogP) is 5.04. The molecule has 8 heteroatoms. The highest BCUT2D eigenvalue weighted by Gasteiger charge is 2.43. The fourth-order valence-electron chi connectivity index (χ4n) is 4.44. The van der Waals surface area contributed by atoms with E-state index in [-0.39, 0.29) is 24.5 Å². The van der Waals surface area contributed by atoms with Crippen molar-refractivity contribution in [3.8, 4) is 0 Å². The number of fused-ring (bicyclic) bond motifs is 1. The summed E-state index contributed by atoms with van der Waals surface area (Å²) >= 11 is 3.10. The van der Waals surface area contributed by atoms with Crippen LogP contribution in [0.1, 0.15) is 42.7 Å². The quantitative estimate of drug-likeness (QED) is 0.544. The van der Waals surface area contributed by atoms with Crippen LogP contribution in [0.3, 0.4) is 0 Å². The second kappa shape index (κ2) is 9.57. The molecule has 0 spiro atoms. The van der Waals surface area contributed by atoms with Crippen LogP contribution in [0.25, 0.3) is 5.70 Å². The number of amidine groups is 1. The number of hydrogen-bond donors (Lipinski definition) is 0. The van der Waals surface area contributed by atoms with Gasteiger partial charge in [0.05, 0.1) is 24.3 Å². The van der Waals surface area contributed by atoms with Gasteiger partial charge in [-0.1, -0.05) is 48.2 Å². The Kier molecular flexibility index (Phi) is 6.37. The van der Waals surface area contributed by atoms with Gasteiger partial charge in [0.15, 0.2) is 5.17 Å². The van der Waals surface area contributed by atoms with Crippen molar-refractivity contribution in [2.45, 2.75) is 32.2 Å². The highest BCUT2D eigenvalue weighted by Crippen LogP contribution is 2.48. The van der Waals surface area contributed by atoms with Crippen molar-refractivity contribution in [3.05, 3.63) is 75.0 Å². The smallest absolute Gasteiger partial charge is 0.338 e. The molecule has 0 bridgehead atoms. The lowest BCUT2D eigenvalue weighted by Gasteiger charge is -2.36. The van der Waals surface area contributed by atoms with E-state index < -0.39 is 0 Å². The number of esters is 1. The first-order valence-electron chi connectivity index (χ1n) is 11.2. The van der Waals surface area contributed by atoms with Gasteiger partial charge in [-0.05, 0) is 36.6 Å². The Labute approximate surface area is 201 Å². The van der Waals surface area contributed by atoms with E-state index in [1.807, 2.05) is 65.1 Å². The molecule has 1 fully saturated rings. The van der Waals surface area contributed by atoms with Crippen LogP contribution < -0.4 is 0 Å². The molecule has 6 nitrogen and oxygen atoms in total. The van der Waals surface area contributed by atoms with Crippen molar-refractivity contribution < 1.29 is 14.3 Å². The Morgan fingerprint density at radius 3 is 2.61 bits per heavy atom. The van der Waals surface area contributed by atoms with Crippen LogP contribution in [0.2, 0.25) is 0 Å². The number of ether oxygens (including phenoxy) is 1. The molecule has 0 radical (unpaired) electrons. The second-order valence-corrected chi connectivity index (χ2v) is 9.84. The normalized spacial score (nSPS) is 20.0. The van der Waals surface area contributed by atoms with E-state index in [2.05, 4.69) is 4.90 Å². The van der Waals surface area contributed by atoms with Crippen LogP contribution in [0, 0.1) is 0 Å². The maximum Gasteiger partial charge on any atom is 0.338 e. The standard InChI is InChI=1S/C25H25N3O3S2/c1-2-31-24(30)21-22(17-9-4-3-5-10-17)26-25-28(23(21)19-11-8-14-32-19)18(16-33-25)15-20(29)27-12-6-7-13-27/h3-5,8-11,14,16,23H,2,6-7,12-13,15H2,1H3/t23-/m1/s1. The molecule has 0 unspecified atom stereocenters. The lowest BCUT2D eigenvalue weighted by molar-refractivity contribution is -0.139. The molecule has 170 valence electrons. The maximum atomic E-state index is 13.3. The van der Waals surface area contributed by atoms with Gasteiger partial charge < -0.3 is 14.5 Å². The lowest BCUT2D eigenvalue weighted by Crippen LogP contribution is -2.38. The molecule has 3 aliphatic rings. The molecule has 1 aromatic heterocycles. The van der Waals surface area contributed by atoms with Crippen LogP contribution in [0.4, 0.5) is 0 Å². The van der Waals surface area contributed by atoms with Crippen molar-refractivity contribution in [1.82, 2.24) is 9.80 Å². The molecule has 2 aromatic rings. The van der Waals surface area contributed by atoms with Crippen LogP contribution in [-0.2, 0) is 14.3 Å². The summed E-state index contributed by atoms with van der Waals surface area (Å²) in [5.74, 6) is -0.249.